The molecule has 0 saturated heterocycles. The molecule has 1 aliphatic rings. The third-order valence-electron chi connectivity index (χ3n) is 1.44. The topological polar surface area (TPSA) is 49.7 Å². The van der Waals surface area contributed by atoms with Gasteiger partial charge < -0.3 is 5.11 Å². The Morgan fingerprint density at radius 3 is 3.00 bits per heavy atom. The Kier molecular flexibility index (Phi) is 1.95. The van der Waals surface area contributed by atoms with Crippen molar-refractivity contribution in [1.82, 2.24) is 0 Å². The van der Waals surface area contributed by atoms with E-state index in [1.54, 1.807) is 6.08 Å². The summed E-state index contributed by atoms with van der Waals surface area (Å²) in [5.74, 6) is 0. The van der Waals surface area contributed by atoms with Crippen molar-refractivity contribution in [2.45, 2.75) is 25.4 Å². The number of rotatable bonds is 1. The third-order valence-corrected chi connectivity index (χ3v) is 1.44. The molecule has 0 radical (unpaired) electrons. The van der Waals surface area contributed by atoms with Crippen LogP contribution in [0.3, 0.4) is 0 Å². The molecule has 1 N–H and O–H groups in total. The van der Waals surface area contributed by atoms with Crippen LogP contribution in [0, 0.1) is 4.91 Å². The molecule has 3 nitrogen and oxygen atoms in total. The Hall–Kier alpha value is -0.700. The Balaban J connectivity index is 2.53. The maximum atomic E-state index is 9.88. The van der Waals surface area contributed by atoms with Crippen molar-refractivity contribution < 1.29 is 5.11 Å². The van der Waals surface area contributed by atoms with E-state index in [0.717, 1.165) is 12.8 Å². The standard InChI is InChI=1S/C6H9NO2/c8-6-3-1-2-5(4-6)7-9/h2,6,8H,1,3-4H2. The Morgan fingerprint density at radius 2 is 2.56 bits per heavy atom. The number of hydrogen-bond acceptors (Lipinski definition) is 3. The van der Waals surface area contributed by atoms with Crippen LogP contribution in [-0.4, -0.2) is 11.2 Å². The largest absolute Gasteiger partial charge is 0.393 e. The molecule has 3 heteroatoms. The van der Waals surface area contributed by atoms with Crippen molar-refractivity contribution in [1.29, 1.82) is 0 Å². The van der Waals surface area contributed by atoms with Crippen LogP contribution >= 0.6 is 0 Å². The van der Waals surface area contributed by atoms with Crippen molar-refractivity contribution in [3.63, 3.8) is 0 Å². The smallest absolute Gasteiger partial charge is 0.0835 e. The molecule has 0 fully saturated rings. The molecule has 0 heterocycles. The molecular formula is C6H9NO2. The highest BCUT2D eigenvalue weighted by atomic mass is 16.3. The fourth-order valence-electron chi connectivity index (χ4n) is 0.944. The second-order valence-corrected chi connectivity index (χ2v) is 2.22. The van der Waals surface area contributed by atoms with Gasteiger partial charge in [-0.25, -0.2) is 0 Å². The number of nitrogens with zero attached hydrogens (tertiary/aromatic N) is 1. The molecule has 0 amide bonds. The molecule has 0 aromatic rings. The number of aliphatic hydroxyl groups is 1. The predicted octanol–water partition coefficient (Wildman–Crippen LogP) is 1.18. The van der Waals surface area contributed by atoms with Crippen LogP contribution in [0.2, 0.25) is 0 Å². The second-order valence-electron chi connectivity index (χ2n) is 2.22. The summed E-state index contributed by atoms with van der Waals surface area (Å²) in [6.07, 6.45) is 3.41. The van der Waals surface area contributed by atoms with Crippen LogP contribution < -0.4 is 0 Å². The lowest BCUT2D eigenvalue weighted by atomic mass is 10.0. The molecule has 1 rings (SSSR count). The maximum Gasteiger partial charge on any atom is 0.0835 e. The number of allylic oxidation sites excluding steroid dienone is 1. The van der Waals surface area contributed by atoms with E-state index in [1.807, 2.05) is 0 Å². The van der Waals surface area contributed by atoms with Gasteiger partial charge in [0.25, 0.3) is 0 Å². The highest BCUT2D eigenvalue weighted by Gasteiger charge is 2.11. The molecule has 1 atom stereocenters. The van der Waals surface area contributed by atoms with E-state index < -0.39 is 0 Å². The Labute approximate surface area is 53.4 Å². The summed E-state index contributed by atoms with van der Waals surface area (Å²) in [6, 6.07) is 0. The zero-order valence-electron chi connectivity index (χ0n) is 5.08. The summed E-state index contributed by atoms with van der Waals surface area (Å²) < 4.78 is 0. The van der Waals surface area contributed by atoms with Gasteiger partial charge >= 0.3 is 0 Å². The van der Waals surface area contributed by atoms with E-state index in [2.05, 4.69) is 5.18 Å². The van der Waals surface area contributed by atoms with Crippen molar-refractivity contribution in [2.24, 2.45) is 5.18 Å². The van der Waals surface area contributed by atoms with Crippen molar-refractivity contribution in [3.8, 4) is 0 Å². The van der Waals surface area contributed by atoms with Gasteiger partial charge in [-0.1, -0.05) is 6.08 Å². The van der Waals surface area contributed by atoms with Gasteiger partial charge in [0.1, 0.15) is 0 Å². The summed E-state index contributed by atoms with van der Waals surface area (Å²) in [4.78, 5) is 9.88. The lowest BCUT2D eigenvalue weighted by Crippen LogP contribution is -2.09. The minimum Gasteiger partial charge on any atom is -0.393 e. The monoisotopic (exact) mass is 127 g/mol. The summed E-state index contributed by atoms with van der Waals surface area (Å²) >= 11 is 0. The molecule has 0 saturated carbocycles. The fraction of sp³-hybridized carbons (Fsp3) is 0.667. The Bertz CT molecular complexity index is 142. The van der Waals surface area contributed by atoms with E-state index in [1.165, 1.54) is 0 Å². The lowest BCUT2D eigenvalue weighted by Gasteiger charge is -2.12. The van der Waals surface area contributed by atoms with Gasteiger partial charge in [0.05, 0.1) is 11.8 Å². The molecule has 0 spiro atoms. The Morgan fingerprint density at radius 1 is 1.78 bits per heavy atom. The lowest BCUT2D eigenvalue weighted by molar-refractivity contribution is 0.160. The number of aliphatic hydroxyl groups excluding tert-OH is 1. The fourth-order valence-corrected chi connectivity index (χ4v) is 0.944. The summed E-state index contributed by atoms with van der Waals surface area (Å²) in [5, 5.41) is 11.7. The molecular weight excluding hydrogens is 118 g/mol. The molecule has 0 bridgehead atoms. The van der Waals surface area contributed by atoms with Crippen LogP contribution in [0.1, 0.15) is 19.3 Å². The quantitative estimate of drug-likeness (QED) is 0.538. The SMILES string of the molecule is O=NC1=CCCC(O)C1. The minimum absolute atomic E-state index is 0.345. The maximum absolute atomic E-state index is 9.88. The summed E-state index contributed by atoms with van der Waals surface area (Å²) in [6.45, 7) is 0. The normalized spacial score (nSPS) is 27.2. The summed E-state index contributed by atoms with van der Waals surface area (Å²) in [5.41, 5.74) is 0.494. The molecule has 0 aromatic carbocycles. The van der Waals surface area contributed by atoms with E-state index in [-0.39, 0.29) is 6.10 Å². The first-order valence-electron chi connectivity index (χ1n) is 3.03. The van der Waals surface area contributed by atoms with Crippen LogP contribution in [0.25, 0.3) is 0 Å². The highest BCUT2D eigenvalue weighted by Crippen LogP contribution is 2.18. The molecule has 0 aliphatic heterocycles. The second kappa shape index (κ2) is 2.73. The van der Waals surface area contributed by atoms with Crippen LogP contribution in [0.4, 0.5) is 0 Å². The number of nitroso groups, excluding NO2 is 1. The highest BCUT2D eigenvalue weighted by molar-refractivity contribution is 5.04. The summed E-state index contributed by atoms with van der Waals surface area (Å²) in [7, 11) is 0. The van der Waals surface area contributed by atoms with Gasteiger partial charge in [-0.05, 0) is 18.0 Å². The molecule has 0 aromatic heterocycles. The molecule has 9 heavy (non-hydrogen) atoms. The van der Waals surface area contributed by atoms with Gasteiger partial charge in [-0.2, -0.15) is 0 Å². The average molecular weight is 127 g/mol. The first-order chi connectivity index (χ1) is 4.33. The van der Waals surface area contributed by atoms with Gasteiger partial charge in [0, 0.05) is 6.42 Å². The van der Waals surface area contributed by atoms with Gasteiger partial charge in [0.15, 0.2) is 0 Å². The van der Waals surface area contributed by atoms with E-state index in [4.69, 9.17) is 5.11 Å². The van der Waals surface area contributed by atoms with Crippen LogP contribution in [0.5, 0.6) is 0 Å². The van der Waals surface area contributed by atoms with E-state index in [9.17, 15) is 4.91 Å². The van der Waals surface area contributed by atoms with E-state index in [0.29, 0.717) is 12.1 Å². The van der Waals surface area contributed by atoms with Crippen LogP contribution in [-0.2, 0) is 0 Å². The molecule has 1 unspecified atom stereocenters. The van der Waals surface area contributed by atoms with Crippen molar-refractivity contribution >= 4 is 0 Å². The molecule has 50 valence electrons. The zero-order chi connectivity index (χ0) is 6.69. The van der Waals surface area contributed by atoms with E-state index >= 15 is 0 Å². The zero-order valence-corrected chi connectivity index (χ0v) is 5.08. The molecule has 1 aliphatic carbocycles. The first kappa shape index (κ1) is 6.42. The number of hydrogen-bond donors (Lipinski definition) is 1. The van der Waals surface area contributed by atoms with Gasteiger partial charge in [-0.3, -0.25) is 0 Å². The first-order valence-corrected chi connectivity index (χ1v) is 3.03. The average Bonchev–Trinajstić information content (AvgIpc) is 1.88. The predicted molar refractivity (Wildman–Crippen MR) is 33.7 cm³/mol. The van der Waals surface area contributed by atoms with Gasteiger partial charge in [-0.15, -0.1) is 4.91 Å². The minimum atomic E-state index is -0.345. The third kappa shape index (κ3) is 1.61. The van der Waals surface area contributed by atoms with Crippen molar-refractivity contribution in [3.05, 3.63) is 16.7 Å². The van der Waals surface area contributed by atoms with Crippen LogP contribution in [0.15, 0.2) is 16.9 Å². The van der Waals surface area contributed by atoms with Crippen molar-refractivity contribution in [2.75, 3.05) is 0 Å². The van der Waals surface area contributed by atoms with Gasteiger partial charge in [0.2, 0.25) is 0 Å².